The van der Waals surface area contributed by atoms with Gasteiger partial charge in [0.15, 0.2) is 0 Å². The average Bonchev–Trinajstić information content (AvgIpc) is 2.83. The Hall–Kier alpha value is -4.34. The van der Waals surface area contributed by atoms with E-state index in [0.717, 1.165) is 5.56 Å². The number of hydrogen-bond donors (Lipinski definition) is 3. The van der Waals surface area contributed by atoms with Gasteiger partial charge in [-0.1, -0.05) is 6.07 Å². The first-order valence-electron chi connectivity index (χ1n) is 10.6. The summed E-state index contributed by atoms with van der Waals surface area (Å²) in [4.78, 5) is 38.3. The summed E-state index contributed by atoms with van der Waals surface area (Å²) in [6.07, 6.45) is 4.90. The second kappa shape index (κ2) is 9.26. The quantitative estimate of drug-likeness (QED) is 0.417. The van der Waals surface area contributed by atoms with E-state index in [2.05, 4.69) is 30.9 Å². The predicted octanol–water partition coefficient (Wildman–Crippen LogP) is 3.76. The van der Waals surface area contributed by atoms with Crippen molar-refractivity contribution in [3.05, 3.63) is 76.2 Å². The van der Waals surface area contributed by atoms with Gasteiger partial charge in [0.2, 0.25) is 5.95 Å². The van der Waals surface area contributed by atoms with Crippen molar-refractivity contribution in [2.75, 3.05) is 17.7 Å². The zero-order valence-electron chi connectivity index (χ0n) is 19.2. The lowest BCUT2D eigenvalue weighted by atomic mass is 9.99. The molecule has 3 heterocycles. The number of fused-ring (bicyclic) bond motifs is 1. The summed E-state index contributed by atoms with van der Waals surface area (Å²) in [6, 6.07) is 7.12. The van der Waals surface area contributed by atoms with E-state index in [0.29, 0.717) is 33.7 Å². The van der Waals surface area contributed by atoms with Gasteiger partial charge in [-0.2, -0.15) is 4.98 Å². The maximum absolute atomic E-state index is 14.7. The average molecular weight is 462 g/mol. The number of amides is 2. The van der Waals surface area contributed by atoms with Crippen LogP contribution in [0.1, 0.15) is 24.1 Å². The smallest absolute Gasteiger partial charge is 0.319 e. The van der Waals surface area contributed by atoms with Gasteiger partial charge < -0.3 is 16.0 Å². The first kappa shape index (κ1) is 22.8. The molecule has 0 saturated heterocycles. The van der Waals surface area contributed by atoms with E-state index in [9.17, 15) is 14.0 Å². The molecule has 34 heavy (non-hydrogen) atoms. The maximum Gasteiger partial charge on any atom is 0.319 e. The molecule has 0 saturated carbocycles. The molecule has 1 unspecified atom stereocenters. The second-order valence-electron chi connectivity index (χ2n) is 7.90. The number of urea groups is 1. The topological polar surface area (TPSA) is 114 Å². The van der Waals surface area contributed by atoms with Crippen LogP contribution in [0.25, 0.3) is 22.2 Å². The Kier molecular flexibility index (Phi) is 6.22. The van der Waals surface area contributed by atoms with Crippen LogP contribution >= 0.6 is 0 Å². The van der Waals surface area contributed by atoms with Crippen LogP contribution in [0.4, 0.5) is 20.8 Å². The van der Waals surface area contributed by atoms with Gasteiger partial charge >= 0.3 is 6.03 Å². The van der Waals surface area contributed by atoms with Crippen LogP contribution in [0.2, 0.25) is 0 Å². The largest absolute Gasteiger partial charge is 0.357 e. The molecule has 1 aromatic carbocycles. The van der Waals surface area contributed by atoms with Crippen molar-refractivity contribution in [3.63, 3.8) is 0 Å². The number of hydrogen-bond acceptors (Lipinski definition) is 6. The van der Waals surface area contributed by atoms with E-state index >= 15 is 0 Å². The molecular weight excluding hydrogens is 437 g/mol. The zero-order valence-corrected chi connectivity index (χ0v) is 19.2. The van der Waals surface area contributed by atoms with Crippen LogP contribution in [-0.2, 0) is 7.05 Å². The molecule has 0 aliphatic heterocycles. The lowest BCUT2D eigenvalue weighted by molar-refractivity contribution is 0.249. The SMILES string of the molecule is CNc1ncc2cc(-c3cc(NC(=O)NC(C)c4cccnc4)c(F)cc3C)c(=O)n(C)c2n1. The molecule has 1 atom stereocenters. The number of carbonyl (C=O) groups is 1. The van der Waals surface area contributed by atoms with E-state index in [4.69, 9.17) is 0 Å². The third-order valence-electron chi connectivity index (χ3n) is 5.56. The highest BCUT2D eigenvalue weighted by Gasteiger charge is 2.17. The normalized spacial score (nSPS) is 11.8. The van der Waals surface area contributed by atoms with E-state index in [1.54, 1.807) is 58.7 Å². The van der Waals surface area contributed by atoms with Gasteiger partial charge in [0, 0.05) is 43.6 Å². The van der Waals surface area contributed by atoms with Crippen molar-refractivity contribution in [3.8, 4) is 11.1 Å². The number of rotatable bonds is 5. The summed E-state index contributed by atoms with van der Waals surface area (Å²) >= 11 is 0. The molecule has 174 valence electrons. The number of aromatic nitrogens is 4. The van der Waals surface area contributed by atoms with Crippen molar-refractivity contribution in [2.45, 2.75) is 19.9 Å². The summed E-state index contributed by atoms with van der Waals surface area (Å²) in [7, 11) is 3.31. The van der Waals surface area contributed by atoms with Crippen LogP contribution in [0, 0.1) is 12.7 Å². The number of aryl methyl sites for hydroxylation is 2. The minimum Gasteiger partial charge on any atom is -0.357 e. The molecule has 0 fully saturated rings. The lowest BCUT2D eigenvalue weighted by Crippen LogP contribution is -2.31. The van der Waals surface area contributed by atoms with Crippen LogP contribution in [0.3, 0.4) is 0 Å². The first-order chi connectivity index (χ1) is 16.3. The molecule has 0 aliphatic carbocycles. The highest BCUT2D eigenvalue weighted by molar-refractivity contribution is 5.91. The van der Waals surface area contributed by atoms with Gasteiger partial charge in [0.25, 0.3) is 5.56 Å². The van der Waals surface area contributed by atoms with Crippen molar-refractivity contribution < 1.29 is 9.18 Å². The van der Waals surface area contributed by atoms with Crippen molar-refractivity contribution in [2.24, 2.45) is 7.05 Å². The summed E-state index contributed by atoms with van der Waals surface area (Å²) < 4.78 is 16.1. The van der Waals surface area contributed by atoms with Gasteiger partial charge in [-0.15, -0.1) is 0 Å². The van der Waals surface area contributed by atoms with Gasteiger partial charge in [-0.3, -0.25) is 14.3 Å². The Balaban J connectivity index is 1.68. The zero-order chi connectivity index (χ0) is 24.4. The fourth-order valence-corrected chi connectivity index (χ4v) is 3.69. The fraction of sp³-hybridized carbons (Fsp3) is 0.208. The Bertz CT molecular complexity index is 1440. The highest BCUT2D eigenvalue weighted by atomic mass is 19.1. The Morgan fingerprint density at radius 3 is 2.68 bits per heavy atom. The number of nitrogens with one attached hydrogen (secondary N) is 3. The van der Waals surface area contributed by atoms with Crippen molar-refractivity contribution in [1.29, 1.82) is 0 Å². The van der Waals surface area contributed by atoms with Crippen molar-refractivity contribution >= 4 is 28.7 Å². The van der Waals surface area contributed by atoms with Crippen LogP contribution in [-0.4, -0.2) is 32.6 Å². The van der Waals surface area contributed by atoms with E-state index in [1.165, 1.54) is 16.7 Å². The van der Waals surface area contributed by atoms with Crippen molar-refractivity contribution in [1.82, 2.24) is 24.8 Å². The monoisotopic (exact) mass is 461 g/mol. The summed E-state index contributed by atoms with van der Waals surface area (Å²) in [6.45, 7) is 3.50. The fourth-order valence-electron chi connectivity index (χ4n) is 3.69. The minimum atomic E-state index is -0.606. The number of anilines is 2. The standard InChI is InChI=1S/C24H24FN7O2/c1-13-8-19(25)20(30-24(34)29-14(2)15-6-5-7-27-11-15)10-17(13)18-9-16-12-28-23(26-3)31-21(16)32(4)22(18)33/h5-12,14H,1-4H3,(H,26,28,31)(H2,29,30,34). The molecule has 4 aromatic rings. The van der Waals surface area contributed by atoms with Crippen LogP contribution in [0.5, 0.6) is 0 Å². The van der Waals surface area contributed by atoms with E-state index in [1.807, 2.05) is 6.07 Å². The maximum atomic E-state index is 14.7. The third-order valence-corrected chi connectivity index (χ3v) is 5.56. The molecule has 0 radical (unpaired) electrons. The summed E-state index contributed by atoms with van der Waals surface area (Å²) in [5.41, 5.74) is 2.33. The predicted molar refractivity (Wildman–Crippen MR) is 129 cm³/mol. The Labute approximate surface area is 195 Å². The van der Waals surface area contributed by atoms with Gasteiger partial charge in [0.05, 0.1) is 11.7 Å². The Morgan fingerprint density at radius 1 is 1.18 bits per heavy atom. The second-order valence-corrected chi connectivity index (χ2v) is 7.90. The molecule has 0 spiro atoms. The number of carbonyl (C=O) groups excluding carboxylic acids is 1. The molecule has 0 bridgehead atoms. The summed E-state index contributed by atoms with van der Waals surface area (Å²) in [5, 5.41) is 8.80. The minimum absolute atomic E-state index is 0.0413. The molecule has 2 amide bonds. The third kappa shape index (κ3) is 4.42. The van der Waals surface area contributed by atoms with Gasteiger partial charge in [-0.05, 0) is 54.8 Å². The molecular formula is C24H24FN7O2. The number of halogens is 1. The molecule has 3 aromatic heterocycles. The molecule has 0 aliphatic rings. The van der Waals surface area contributed by atoms with Gasteiger partial charge in [0.1, 0.15) is 11.5 Å². The number of benzene rings is 1. The molecule has 9 nitrogen and oxygen atoms in total. The molecule has 3 N–H and O–H groups in total. The van der Waals surface area contributed by atoms with E-state index < -0.39 is 11.8 Å². The lowest BCUT2D eigenvalue weighted by Gasteiger charge is -2.16. The highest BCUT2D eigenvalue weighted by Crippen LogP contribution is 2.29. The molecule has 4 rings (SSSR count). The summed E-state index contributed by atoms with van der Waals surface area (Å²) in [5.74, 6) is -0.212. The number of nitrogens with zero attached hydrogens (tertiary/aromatic N) is 4. The Morgan fingerprint density at radius 2 is 1.97 bits per heavy atom. The first-order valence-corrected chi connectivity index (χ1v) is 10.6. The van der Waals surface area contributed by atoms with Gasteiger partial charge in [-0.25, -0.2) is 14.2 Å². The molecule has 10 heteroatoms. The number of pyridine rings is 2. The van der Waals surface area contributed by atoms with E-state index in [-0.39, 0.29) is 17.3 Å². The van der Waals surface area contributed by atoms with Crippen LogP contribution < -0.4 is 21.5 Å². The van der Waals surface area contributed by atoms with Crippen LogP contribution in [0.15, 0.2) is 53.7 Å².